The zero-order valence-corrected chi connectivity index (χ0v) is 19.2. The second kappa shape index (κ2) is 9.45. The van der Waals surface area contributed by atoms with E-state index in [0.717, 1.165) is 27.8 Å². The molecule has 0 saturated carbocycles. The van der Waals surface area contributed by atoms with Crippen LogP contribution in [0.4, 0.5) is 5.69 Å². The highest BCUT2D eigenvalue weighted by Gasteiger charge is 2.27. The van der Waals surface area contributed by atoms with Crippen LogP contribution >= 0.6 is 0 Å². The van der Waals surface area contributed by atoms with Gasteiger partial charge in [0.1, 0.15) is 0 Å². The quantitative estimate of drug-likeness (QED) is 0.581. The van der Waals surface area contributed by atoms with Crippen LogP contribution in [0.15, 0.2) is 71.6 Å². The molecule has 0 saturated heterocycles. The molecule has 0 heterocycles. The monoisotopic (exact) mass is 436 g/mol. The van der Waals surface area contributed by atoms with E-state index in [-0.39, 0.29) is 23.9 Å². The van der Waals surface area contributed by atoms with Gasteiger partial charge >= 0.3 is 0 Å². The van der Waals surface area contributed by atoms with Gasteiger partial charge in [0.25, 0.3) is 0 Å². The number of sulfonamides is 1. The minimum absolute atomic E-state index is 0.109. The number of anilines is 1. The Balaban J connectivity index is 1.89. The normalized spacial score (nSPS) is 11.5. The Morgan fingerprint density at radius 3 is 2.13 bits per heavy atom. The summed E-state index contributed by atoms with van der Waals surface area (Å²) in [5.74, 6) is -0.379. The molecule has 0 unspecified atom stereocenters. The molecule has 1 N–H and O–H groups in total. The molecule has 0 aliphatic heterocycles. The molecule has 0 bridgehead atoms. The first-order valence-corrected chi connectivity index (χ1v) is 11.6. The summed E-state index contributed by atoms with van der Waals surface area (Å²) in [6.07, 6.45) is 0. The van der Waals surface area contributed by atoms with Gasteiger partial charge in [-0.05, 0) is 57.0 Å². The molecule has 0 fully saturated rings. The predicted octanol–water partition coefficient (Wildman–Crippen LogP) is 4.75. The van der Waals surface area contributed by atoms with Crippen molar-refractivity contribution in [2.45, 2.75) is 39.1 Å². The van der Waals surface area contributed by atoms with Crippen LogP contribution in [-0.2, 0) is 21.4 Å². The summed E-state index contributed by atoms with van der Waals surface area (Å²) < 4.78 is 28.0. The Morgan fingerprint density at radius 2 is 1.48 bits per heavy atom. The number of hydrogen-bond acceptors (Lipinski definition) is 3. The molecule has 0 radical (unpaired) electrons. The largest absolute Gasteiger partial charge is 0.325 e. The summed E-state index contributed by atoms with van der Waals surface area (Å²) in [6.45, 7) is 7.58. The van der Waals surface area contributed by atoms with Gasteiger partial charge in [-0.25, -0.2) is 8.42 Å². The molecule has 0 spiro atoms. The number of nitrogens with zero attached hydrogens (tertiary/aromatic N) is 1. The molecule has 3 aromatic carbocycles. The number of aryl methyl sites for hydroxylation is 4. The lowest BCUT2D eigenvalue weighted by molar-refractivity contribution is -0.116. The number of hydrogen-bond donors (Lipinski definition) is 1. The highest BCUT2D eigenvalue weighted by molar-refractivity contribution is 7.89. The maximum Gasteiger partial charge on any atom is 0.243 e. The van der Waals surface area contributed by atoms with Crippen molar-refractivity contribution in [3.05, 3.63) is 94.5 Å². The van der Waals surface area contributed by atoms with E-state index in [9.17, 15) is 13.2 Å². The number of amides is 1. The average Bonchev–Trinajstić information content (AvgIpc) is 2.70. The van der Waals surface area contributed by atoms with Crippen molar-refractivity contribution in [3.8, 4) is 0 Å². The molecule has 0 atom stereocenters. The van der Waals surface area contributed by atoms with Crippen molar-refractivity contribution in [2.75, 3.05) is 11.9 Å². The van der Waals surface area contributed by atoms with Crippen molar-refractivity contribution in [3.63, 3.8) is 0 Å². The highest BCUT2D eigenvalue weighted by atomic mass is 32.2. The average molecular weight is 437 g/mol. The Bertz CT molecular complexity index is 1190. The topological polar surface area (TPSA) is 66.5 Å². The van der Waals surface area contributed by atoms with E-state index in [1.807, 2.05) is 70.2 Å². The second-order valence-corrected chi connectivity index (χ2v) is 9.88. The summed E-state index contributed by atoms with van der Waals surface area (Å²) in [5, 5.41) is 2.85. The molecule has 3 aromatic rings. The summed E-state index contributed by atoms with van der Waals surface area (Å²) in [7, 11) is -3.86. The van der Waals surface area contributed by atoms with Gasteiger partial charge in [-0.15, -0.1) is 0 Å². The van der Waals surface area contributed by atoms with Gasteiger partial charge in [-0.2, -0.15) is 4.31 Å². The van der Waals surface area contributed by atoms with Crippen molar-refractivity contribution in [1.29, 1.82) is 0 Å². The lowest BCUT2D eigenvalue weighted by Crippen LogP contribution is -2.37. The molecule has 0 aliphatic carbocycles. The van der Waals surface area contributed by atoms with Crippen LogP contribution in [0.2, 0.25) is 0 Å². The van der Waals surface area contributed by atoms with Gasteiger partial charge in [-0.3, -0.25) is 4.79 Å². The first kappa shape index (κ1) is 22.7. The third-order valence-corrected chi connectivity index (χ3v) is 6.88. The van der Waals surface area contributed by atoms with Crippen LogP contribution in [0, 0.1) is 27.7 Å². The molecule has 0 aliphatic rings. The summed E-state index contributed by atoms with van der Waals surface area (Å²) in [6, 6.07) is 20.0. The first-order valence-electron chi connectivity index (χ1n) is 10.1. The maximum absolute atomic E-state index is 13.4. The van der Waals surface area contributed by atoms with Crippen LogP contribution < -0.4 is 5.32 Å². The van der Waals surface area contributed by atoms with Crippen molar-refractivity contribution < 1.29 is 13.2 Å². The van der Waals surface area contributed by atoms with Crippen LogP contribution in [-0.4, -0.2) is 25.2 Å². The molecule has 3 rings (SSSR count). The summed E-state index contributed by atoms with van der Waals surface area (Å²) >= 11 is 0. The molecular formula is C25H28N2O3S. The van der Waals surface area contributed by atoms with E-state index in [0.29, 0.717) is 5.69 Å². The Kier molecular flexibility index (Phi) is 6.93. The molecule has 1 amide bonds. The molecule has 31 heavy (non-hydrogen) atoms. The van der Waals surface area contributed by atoms with Gasteiger partial charge in [0.2, 0.25) is 15.9 Å². The van der Waals surface area contributed by atoms with Gasteiger partial charge in [0.05, 0.1) is 11.4 Å². The zero-order valence-electron chi connectivity index (χ0n) is 18.3. The van der Waals surface area contributed by atoms with E-state index < -0.39 is 10.0 Å². The lowest BCUT2D eigenvalue weighted by Gasteiger charge is -2.22. The summed E-state index contributed by atoms with van der Waals surface area (Å²) in [4.78, 5) is 13.0. The predicted molar refractivity (Wildman–Crippen MR) is 124 cm³/mol. The number of carbonyl (C=O) groups excluding carboxylic acids is 1. The summed E-state index contributed by atoms with van der Waals surface area (Å²) in [5.41, 5.74) is 5.54. The lowest BCUT2D eigenvalue weighted by atomic mass is 10.1. The number of carbonyl (C=O) groups is 1. The van der Waals surface area contributed by atoms with Gasteiger partial charge < -0.3 is 5.32 Å². The Morgan fingerprint density at radius 1 is 0.839 bits per heavy atom. The number of benzene rings is 3. The maximum atomic E-state index is 13.4. The van der Waals surface area contributed by atoms with Crippen LogP contribution in [0.5, 0.6) is 0 Å². The standard InChI is InChI=1S/C25H28N2O3S/c1-18-8-11-23(12-9-18)31(29,30)27(16-22-7-5-6-19(2)15-22)17-25(28)26-24-13-10-20(3)14-21(24)4/h5-15H,16-17H2,1-4H3,(H,26,28). The van der Waals surface area contributed by atoms with E-state index >= 15 is 0 Å². The number of nitrogens with one attached hydrogen (secondary N) is 1. The van der Waals surface area contributed by atoms with E-state index in [1.165, 1.54) is 4.31 Å². The second-order valence-electron chi connectivity index (χ2n) is 7.94. The van der Waals surface area contributed by atoms with Crippen molar-refractivity contribution in [1.82, 2.24) is 4.31 Å². The third kappa shape index (κ3) is 5.81. The van der Waals surface area contributed by atoms with Gasteiger partial charge in [-0.1, -0.05) is 65.2 Å². The van der Waals surface area contributed by atoms with Crippen LogP contribution in [0.3, 0.4) is 0 Å². The first-order chi connectivity index (χ1) is 14.6. The zero-order chi connectivity index (χ0) is 22.6. The van der Waals surface area contributed by atoms with Gasteiger partial charge in [0, 0.05) is 12.2 Å². The fraction of sp³-hybridized carbons (Fsp3) is 0.240. The molecular weight excluding hydrogens is 408 g/mol. The SMILES string of the molecule is Cc1ccc(S(=O)(=O)N(CC(=O)Nc2ccc(C)cc2C)Cc2cccc(C)c2)cc1. The van der Waals surface area contributed by atoms with Crippen LogP contribution in [0.1, 0.15) is 27.8 Å². The van der Waals surface area contributed by atoms with E-state index in [1.54, 1.807) is 24.3 Å². The fourth-order valence-corrected chi connectivity index (χ4v) is 4.79. The minimum Gasteiger partial charge on any atom is -0.325 e. The molecule has 5 nitrogen and oxygen atoms in total. The minimum atomic E-state index is -3.86. The third-order valence-electron chi connectivity index (χ3n) is 5.08. The highest BCUT2D eigenvalue weighted by Crippen LogP contribution is 2.21. The Labute approximate surface area is 184 Å². The van der Waals surface area contributed by atoms with E-state index in [2.05, 4.69) is 5.32 Å². The van der Waals surface area contributed by atoms with Crippen molar-refractivity contribution >= 4 is 21.6 Å². The molecule has 0 aromatic heterocycles. The Hall–Kier alpha value is -2.96. The van der Waals surface area contributed by atoms with E-state index in [4.69, 9.17) is 0 Å². The van der Waals surface area contributed by atoms with Crippen LogP contribution in [0.25, 0.3) is 0 Å². The fourth-order valence-electron chi connectivity index (χ4n) is 3.40. The van der Waals surface area contributed by atoms with Crippen molar-refractivity contribution in [2.24, 2.45) is 0 Å². The molecule has 162 valence electrons. The number of rotatable bonds is 7. The van der Waals surface area contributed by atoms with Gasteiger partial charge in [0.15, 0.2) is 0 Å². The smallest absolute Gasteiger partial charge is 0.243 e. The molecule has 6 heteroatoms.